The minimum atomic E-state index is -1.14. The lowest BCUT2D eigenvalue weighted by Crippen LogP contribution is -2.00. The second-order valence-electron chi connectivity index (χ2n) is 3.91. The fraction of sp³-hybridized carbons (Fsp3) is 0. The molecular formula is C12H7Cl2N3O4. The van der Waals surface area contributed by atoms with E-state index < -0.39 is 10.9 Å². The lowest BCUT2D eigenvalue weighted by Gasteiger charge is -2.08. The van der Waals surface area contributed by atoms with Gasteiger partial charge in [-0.1, -0.05) is 23.2 Å². The maximum Gasteiger partial charge on any atom is 0.337 e. The maximum atomic E-state index is 10.8. The molecule has 0 atom stereocenters. The Kier molecular flexibility index (Phi) is 4.25. The van der Waals surface area contributed by atoms with Gasteiger partial charge in [0.2, 0.25) is 0 Å². The number of nitrogens with one attached hydrogen (secondary N) is 1. The number of aromatic carboxylic acids is 1. The molecule has 0 aliphatic heterocycles. The molecule has 0 radical (unpaired) electrons. The van der Waals surface area contributed by atoms with Gasteiger partial charge in [0.15, 0.2) is 0 Å². The summed E-state index contributed by atoms with van der Waals surface area (Å²) in [5.74, 6) is -0.945. The first-order valence-corrected chi connectivity index (χ1v) is 6.24. The van der Waals surface area contributed by atoms with E-state index in [1.54, 1.807) is 0 Å². The standard InChI is InChI=1S/C12H7Cl2N3O4/c13-9-3-6(1-2-8(9)12(18)19)16-11-10(14)4-7(5-15-11)17(20)21/h1-5H,(H,15,16)(H,18,19). The van der Waals surface area contributed by atoms with Crippen LogP contribution in [0.15, 0.2) is 30.5 Å². The van der Waals surface area contributed by atoms with Crippen LogP contribution in [0.1, 0.15) is 10.4 Å². The van der Waals surface area contributed by atoms with Crippen LogP contribution < -0.4 is 5.32 Å². The van der Waals surface area contributed by atoms with Crippen molar-refractivity contribution in [3.8, 4) is 0 Å². The van der Waals surface area contributed by atoms with Crippen LogP contribution in [0.2, 0.25) is 10.0 Å². The Bertz CT molecular complexity index is 736. The van der Waals surface area contributed by atoms with E-state index in [0.29, 0.717) is 5.69 Å². The molecule has 2 N–H and O–H groups in total. The summed E-state index contributed by atoms with van der Waals surface area (Å²) in [6, 6.07) is 5.36. The van der Waals surface area contributed by atoms with E-state index in [2.05, 4.69) is 10.3 Å². The SMILES string of the molecule is O=C(O)c1ccc(Nc2ncc([N+](=O)[O-])cc2Cl)cc1Cl. The Labute approximate surface area is 128 Å². The number of aromatic nitrogens is 1. The molecule has 2 rings (SSSR count). The smallest absolute Gasteiger partial charge is 0.337 e. The van der Waals surface area contributed by atoms with E-state index >= 15 is 0 Å². The first-order valence-electron chi connectivity index (χ1n) is 5.48. The van der Waals surface area contributed by atoms with Crippen molar-refractivity contribution in [2.45, 2.75) is 0 Å². The van der Waals surface area contributed by atoms with Crippen molar-refractivity contribution < 1.29 is 14.8 Å². The number of benzene rings is 1. The summed E-state index contributed by atoms with van der Waals surface area (Å²) in [7, 11) is 0. The van der Waals surface area contributed by atoms with Crippen molar-refractivity contribution in [1.29, 1.82) is 0 Å². The summed E-state index contributed by atoms with van der Waals surface area (Å²) in [6.45, 7) is 0. The van der Waals surface area contributed by atoms with Crippen LogP contribution in [-0.4, -0.2) is 21.0 Å². The number of carboxylic acids is 1. The van der Waals surface area contributed by atoms with Crippen LogP contribution in [0.5, 0.6) is 0 Å². The number of nitro groups is 1. The number of anilines is 2. The van der Waals surface area contributed by atoms with Gasteiger partial charge in [0, 0.05) is 11.8 Å². The van der Waals surface area contributed by atoms with E-state index in [-0.39, 0.29) is 27.1 Å². The molecule has 0 saturated heterocycles. The van der Waals surface area contributed by atoms with Gasteiger partial charge in [-0.3, -0.25) is 10.1 Å². The molecule has 2 aromatic rings. The molecule has 0 spiro atoms. The third kappa shape index (κ3) is 3.39. The second-order valence-corrected chi connectivity index (χ2v) is 4.72. The highest BCUT2D eigenvalue weighted by molar-refractivity contribution is 6.34. The highest BCUT2D eigenvalue weighted by Gasteiger charge is 2.13. The fourth-order valence-corrected chi connectivity index (χ4v) is 1.99. The molecule has 21 heavy (non-hydrogen) atoms. The normalized spacial score (nSPS) is 10.2. The van der Waals surface area contributed by atoms with Crippen LogP contribution in [0.3, 0.4) is 0 Å². The first kappa shape index (κ1) is 15.0. The van der Waals surface area contributed by atoms with Crippen molar-refractivity contribution in [1.82, 2.24) is 4.98 Å². The molecule has 1 heterocycles. The van der Waals surface area contributed by atoms with E-state index in [1.807, 2.05) is 0 Å². The third-order valence-electron chi connectivity index (χ3n) is 2.50. The van der Waals surface area contributed by atoms with Crippen LogP contribution in [-0.2, 0) is 0 Å². The van der Waals surface area contributed by atoms with E-state index in [0.717, 1.165) is 12.3 Å². The van der Waals surface area contributed by atoms with E-state index in [1.165, 1.54) is 18.2 Å². The Morgan fingerprint density at radius 3 is 2.52 bits per heavy atom. The molecule has 7 nitrogen and oxygen atoms in total. The minimum Gasteiger partial charge on any atom is -0.478 e. The van der Waals surface area contributed by atoms with E-state index in [4.69, 9.17) is 28.3 Å². The molecular weight excluding hydrogens is 321 g/mol. The number of halogens is 2. The van der Waals surface area contributed by atoms with Crippen LogP contribution in [0.4, 0.5) is 17.2 Å². The monoisotopic (exact) mass is 327 g/mol. The Morgan fingerprint density at radius 2 is 2.00 bits per heavy atom. The average molecular weight is 328 g/mol. The highest BCUT2D eigenvalue weighted by Crippen LogP contribution is 2.28. The molecule has 0 saturated carbocycles. The summed E-state index contributed by atoms with van der Waals surface area (Å²) < 4.78 is 0. The number of carbonyl (C=O) groups is 1. The number of nitrogens with zero attached hydrogens (tertiary/aromatic N) is 2. The van der Waals surface area contributed by atoms with Crippen molar-refractivity contribution in [3.63, 3.8) is 0 Å². The quantitative estimate of drug-likeness (QED) is 0.654. The van der Waals surface area contributed by atoms with Crippen molar-refractivity contribution in [2.24, 2.45) is 0 Å². The lowest BCUT2D eigenvalue weighted by molar-refractivity contribution is -0.385. The lowest BCUT2D eigenvalue weighted by atomic mass is 10.2. The van der Waals surface area contributed by atoms with Crippen LogP contribution in [0, 0.1) is 10.1 Å². The molecule has 0 bridgehead atoms. The van der Waals surface area contributed by atoms with Gasteiger partial charge >= 0.3 is 5.97 Å². The Hall–Kier alpha value is -2.38. The van der Waals surface area contributed by atoms with Crippen LogP contribution in [0.25, 0.3) is 0 Å². The number of pyridine rings is 1. The van der Waals surface area contributed by atoms with Gasteiger partial charge in [-0.05, 0) is 18.2 Å². The molecule has 1 aromatic carbocycles. The zero-order valence-corrected chi connectivity index (χ0v) is 11.7. The van der Waals surface area contributed by atoms with Crippen molar-refractivity contribution in [2.75, 3.05) is 5.32 Å². The molecule has 1 aromatic heterocycles. The predicted octanol–water partition coefficient (Wildman–Crippen LogP) is 3.74. The third-order valence-corrected chi connectivity index (χ3v) is 3.10. The van der Waals surface area contributed by atoms with Gasteiger partial charge in [0.1, 0.15) is 12.0 Å². The van der Waals surface area contributed by atoms with Gasteiger partial charge in [-0.2, -0.15) is 0 Å². The van der Waals surface area contributed by atoms with Gasteiger partial charge in [-0.15, -0.1) is 0 Å². The first-order chi connectivity index (χ1) is 9.88. The van der Waals surface area contributed by atoms with E-state index in [9.17, 15) is 14.9 Å². The number of carboxylic acid groups (broad SMARTS) is 1. The van der Waals surface area contributed by atoms with Gasteiger partial charge in [0.05, 0.1) is 20.5 Å². The molecule has 108 valence electrons. The fourth-order valence-electron chi connectivity index (χ4n) is 1.52. The zero-order chi connectivity index (χ0) is 15.6. The minimum absolute atomic E-state index is 0.0371. The zero-order valence-electron chi connectivity index (χ0n) is 10.2. The summed E-state index contributed by atoms with van der Waals surface area (Å²) in [4.78, 5) is 24.7. The Balaban J connectivity index is 2.28. The summed E-state index contributed by atoms with van der Waals surface area (Å²) in [5.41, 5.74) is 0.183. The van der Waals surface area contributed by atoms with Crippen LogP contribution >= 0.6 is 23.2 Å². The molecule has 0 fully saturated rings. The highest BCUT2D eigenvalue weighted by atomic mass is 35.5. The molecule has 0 aliphatic carbocycles. The molecule has 0 unspecified atom stereocenters. The topological polar surface area (TPSA) is 105 Å². The maximum absolute atomic E-state index is 10.8. The molecule has 9 heteroatoms. The van der Waals surface area contributed by atoms with Gasteiger partial charge < -0.3 is 10.4 Å². The number of rotatable bonds is 4. The van der Waals surface area contributed by atoms with Gasteiger partial charge in [0.25, 0.3) is 5.69 Å². The largest absolute Gasteiger partial charge is 0.478 e. The number of hydrogen-bond acceptors (Lipinski definition) is 5. The van der Waals surface area contributed by atoms with Gasteiger partial charge in [-0.25, -0.2) is 9.78 Å². The van der Waals surface area contributed by atoms with Crippen molar-refractivity contribution in [3.05, 3.63) is 56.2 Å². The Morgan fingerprint density at radius 1 is 1.29 bits per heavy atom. The summed E-state index contributed by atoms with van der Waals surface area (Å²) in [6.07, 6.45) is 1.06. The summed E-state index contributed by atoms with van der Waals surface area (Å²) >= 11 is 11.7. The average Bonchev–Trinajstić information content (AvgIpc) is 2.40. The molecule has 0 aliphatic rings. The second kappa shape index (κ2) is 5.94. The van der Waals surface area contributed by atoms with Crippen molar-refractivity contribution >= 4 is 46.4 Å². The predicted molar refractivity (Wildman–Crippen MR) is 77.6 cm³/mol. The molecule has 0 amide bonds. The summed E-state index contributed by atoms with van der Waals surface area (Å²) in [5, 5.41) is 22.4. The number of hydrogen-bond donors (Lipinski definition) is 2.